The Morgan fingerprint density at radius 3 is 3.06 bits per heavy atom. The lowest BCUT2D eigenvalue weighted by molar-refractivity contribution is 0.111. The van der Waals surface area contributed by atoms with E-state index in [0.717, 1.165) is 28.9 Å². The van der Waals surface area contributed by atoms with Crippen molar-refractivity contribution in [2.75, 3.05) is 25.5 Å². The van der Waals surface area contributed by atoms with E-state index in [-0.39, 0.29) is 12.1 Å². The van der Waals surface area contributed by atoms with Crippen LogP contribution in [0.3, 0.4) is 0 Å². The standard InChI is InChI=1S/C11H16BrN3O/c1-7-3-8(12)4-14-11(7)15-9-5-13-6-10(9)16-2/h3-4,9-10,13H,5-6H2,1-2H3,(H,14,15)/t9?,10-/m0/s1. The van der Waals surface area contributed by atoms with Gasteiger partial charge >= 0.3 is 0 Å². The Balaban J connectivity index is 2.08. The summed E-state index contributed by atoms with van der Waals surface area (Å²) in [6.07, 6.45) is 2.02. The first kappa shape index (κ1) is 11.8. The molecule has 1 aliphatic heterocycles. The summed E-state index contributed by atoms with van der Waals surface area (Å²) in [7, 11) is 1.74. The lowest BCUT2D eigenvalue weighted by atomic mass is 10.2. The van der Waals surface area contributed by atoms with Gasteiger partial charge in [-0.25, -0.2) is 4.98 Å². The van der Waals surface area contributed by atoms with Crippen molar-refractivity contribution in [3.63, 3.8) is 0 Å². The van der Waals surface area contributed by atoms with Crippen LogP contribution in [0.4, 0.5) is 5.82 Å². The predicted octanol–water partition coefficient (Wildman–Crippen LogP) is 1.55. The van der Waals surface area contributed by atoms with Crippen molar-refractivity contribution < 1.29 is 4.74 Å². The van der Waals surface area contributed by atoms with Crippen LogP contribution in [0.15, 0.2) is 16.7 Å². The summed E-state index contributed by atoms with van der Waals surface area (Å²) in [5, 5.41) is 6.72. The van der Waals surface area contributed by atoms with Crippen LogP contribution in [0.1, 0.15) is 5.56 Å². The maximum Gasteiger partial charge on any atom is 0.129 e. The van der Waals surface area contributed by atoms with Gasteiger partial charge in [0, 0.05) is 30.9 Å². The van der Waals surface area contributed by atoms with Crippen molar-refractivity contribution in [2.45, 2.75) is 19.1 Å². The van der Waals surface area contributed by atoms with E-state index in [1.165, 1.54) is 0 Å². The number of rotatable bonds is 3. The van der Waals surface area contributed by atoms with Gasteiger partial charge in [-0.05, 0) is 34.5 Å². The first-order chi connectivity index (χ1) is 7.70. The Hall–Kier alpha value is -0.650. The van der Waals surface area contributed by atoms with Crippen LogP contribution >= 0.6 is 15.9 Å². The second kappa shape index (κ2) is 5.12. The second-order valence-corrected chi connectivity index (χ2v) is 4.92. The van der Waals surface area contributed by atoms with Crippen LogP contribution < -0.4 is 10.6 Å². The number of methoxy groups -OCH3 is 1. The molecular formula is C11H16BrN3O. The van der Waals surface area contributed by atoms with Crippen LogP contribution in [-0.2, 0) is 4.74 Å². The van der Waals surface area contributed by atoms with E-state index in [9.17, 15) is 0 Å². The van der Waals surface area contributed by atoms with Gasteiger partial charge in [0.05, 0.1) is 12.1 Å². The first-order valence-electron chi connectivity index (χ1n) is 5.33. The molecule has 2 N–H and O–H groups in total. The van der Waals surface area contributed by atoms with Crippen molar-refractivity contribution in [3.05, 3.63) is 22.3 Å². The number of hydrogen-bond acceptors (Lipinski definition) is 4. The SMILES string of the molecule is CO[C@H]1CNCC1Nc1ncc(Br)cc1C. The van der Waals surface area contributed by atoms with Gasteiger partial charge < -0.3 is 15.4 Å². The summed E-state index contributed by atoms with van der Waals surface area (Å²) in [6.45, 7) is 3.85. The van der Waals surface area contributed by atoms with Crippen LogP contribution in [-0.4, -0.2) is 37.3 Å². The molecule has 1 saturated heterocycles. The summed E-state index contributed by atoms with van der Waals surface area (Å²) >= 11 is 3.41. The smallest absolute Gasteiger partial charge is 0.129 e. The molecule has 1 aromatic rings. The number of nitrogens with zero attached hydrogens (tertiary/aromatic N) is 1. The maximum atomic E-state index is 5.40. The average molecular weight is 286 g/mol. The second-order valence-electron chi connectivity index (χ2n) is 4.00. The minimum atomic E-state index is 0.213. The zero-order chi connectivity index (χ0) is 11.5. The van der Waals surface area contributed by atoms with E-state index in [2.05, 4.69) is 37.6 Å². The number of aromatic nitrogens is 1. The highest BCUT2D eigenvalue weighted by Gasteiger charge is 2.27. The molecule has 2 heterocycles. The lowest BCUT2D eigenvalue weighted by Crippen LogP contribution is -2.34. The number of ether oxygens (including phenoxy) is 1. The number of nitrogens with one attached hydrogen (secondary N) is 2. The van der Waals surface area contributed by atoms with Crippen molar-refractivity contribution >= 4 is 21.7 Å². The average Bonchev–Trinajstić information content (AvgIpc) is 2.69. The van der Waals surface area contributed by atoms with Gasteiger partial charge in [-0.3, -0.25) is 0 Å². The molecular weight excluding hydrogens is 270 g/mol. The summed E-state index contributed by atoms with van der Waals surface area (Å²) in [5.74, 6) is 0.930. The Morgan fingerprint density at radius 1 is 1.56 bits per heavy atom. The molecule has 2 rings (SSSR count). The van der Waals surface area contributed by atoms with Crippen LogP contribution in [0.2, 0.25) is 0 Å². The molecule has 0 bridgehead atoms. The molecule has 0 radical (unpaired) electrons. The minimum Gasteiger partial charge on any atom is -0.378 e. The van der Waals surface area contributed by atoms with Crippen molar-refractivity contribution in [1.29, 1.82) is 0 Å². The summed E-state index contributed by atoms with van der Waals surface area (Å²) in [6, 6.07) is 2.34. The van der Waals surface area contributed by atoms with Gasteiger partial charge in [0.1, 0.15) is 5.82 Å². The molecule has 1 aliphatic rings. The molecule has 0 spiro atoms. The van der Waals surface area contributed by atoms with E-state index in [1.807, 2.05) is 6.92 Å². The number of halogens is 1. The topological polar surface area (TPSA) is 46.2 Å². The molecule has 1 unspecified atom stereocenters. The normalized spacial score (nSPS) is 24.7. The summed E-state index contributed by atoms with van der Waals surface area (Å²) in [5.41, 5.74) is 1.14. The molecule has 1 aromatic heterocycles. The van der Waals surface area contributed by atoms with Crippen molar-refractivity contribution in [3.8, 4) is 0 Å². The third-order valence-electron chi connectivity index (χ3n) is 2.83. The zero-order valence-electron chi connectivity index (χ0n) is 9.46. The fraction of sp³-hybridized carbons (Fsp3) is 0.545. The van der Waals surface area contributed by atoms with Crippen molar-refractivity contribution in [1.82, 2.24) is 10.3 Å². The molecule has 5 heteroatoms. The number of anilines is 1. The quantitative estimate of drug-likeness (QED) is 0.885. The lowest BCUT2D eigenvalue weighted by Gasteiger charge is -2.20. The fourth-order valence-corrected chi connectivity index (χ4v) is 2.36. The van der Waals surface area contributed by atoms with Crippen molar-refractivity contribution in [2.24, 2.45) is 0 Å². The molecule has 88 valence electrons. The Kier molecular flexibility index (Phi) is 3.78. The molecule has 4 nitrogen and oxygen atoms in total. The zero-order valence-corrected chi connectivity index (χ0v) is 11.0. The largest absolute Gasteiger partial charge is 0.378 e. The molecule has 16 heavy (non-hydrogen) atoms. The number of pyridine rings is 1. The molecule has 1 fully saturated rings. The molecule has 0 aromatic carbocycles. The predicted molar refractivity (Wildman–Crippen MR) is 67.8 cm³/mol. The Bertz CT molecular complexity index is 372. The highest BCUT2D eigenvalue weighted by molar-refractivity contribution is 9.10. The number of hydrogen-bond donors (Lipinski definition) is 2. The minimum absolute atomic E-state index is 0.213. The Labute approximate surface area is 104 Å². The molecule has 0 aliphatic carbocycles. The molecule has 0 saturated carbocycles. The van der Waals surface area contributed by atoms with Gasteiger partial charge in [-0.1, -0.05) is 0 Å². The van der Waals surface area contributed by atoms with Gasteiger partial charge in [0.15, 0.2) is 0 Å². The van der Waals surface area contributed by atoms with E-state index in [1.54, 1.807) is 13.3 Å². The monoisotopic (exact) mass is 285 g/mol. The van der Waals surface area contributed by atoms with Crippen LogP contribution in [0, 0.1) is 6.92 Å². The fourth-order valence-electron chi connectivity index (χ4n) is 1.91. The summed E-state index contributed by atoms with van der Waals surface area (Å²) < 4.78 is 6.40. The van der Waals surface area contributed by atoms with Gasteiger partial charge in [0.25, 0.3) is 0 Å². The Morgan fingerprint density at radius 2 is 2.38 bits per heavy atom. The molecule has 2 atom stereocenters. The van der Waals surface area contributed by atoms with E-state index < -0.39 is 0 Å². The third-order valence-corrected chi connectivity index (χ3v) is 3.26. The van der Waals surface area contributed by atoms with Crippen LogP contribution in [0.5, 0.6) is 0 Å². The first-order valence-corrected chi connectivity index (χ1v) is 6.12. The van der Waals surface area contributed by atoms with Gasteiger partial charge in [0.2, 0.25) is 0 Å². The van der Waals surface area contributed by atoms with Gasteiger partial charge in [-0.2, -0.15) is 0 Å². The van der Waals surface area contributed by atoms with E-state index in [0.29, 0.717) is 0 Å². The highest BCUT2D eigenvalue weighted by Crippen LogP contribution is 2.19. The number of aryl methyl sites for hydroxylation is 1. The maximum absolute atomic E-state index is 5.40. The molecule has 0 amide bonds. The highest BCUT2D eigenvalue weighted by atomic mass is 79.9. The summed E-state index contributed by atoms with van der Waals surface area (Å²) in [4.78, 5) is 4.37. The van der Waals surface area contributed by atoms with E-state index >= 15 is 0 Å². The van der Waals surface area contributed by atoms with Crippen LogP contribution in [0.25, 0.3) is 0 Å². The van der Waals surface area contributed by atoms with E-state index in [4.69, 9.17) is 4.74 Å². The van der Waals surface area contributed by atoms with Gasteiger partial charge in [-0.15, -0.1) is 0 Å². The third kappa shape index (κ3) is 2.53.